The first-order valence-corrected chi connectivity index (χ1v) is 7.75. The molecular weight excluding hydrogens is 421 g/mol. The Balaban J connectivity index is 2.39. The maximum atomic E-state index is 12.5. The molecule has 0 bridgehead atoms. The van der Waals surface area contributed by atoms with Gasteiger partial charge in [0.15, 0.2) is 0 Å². The zero-order valence-electron chi connectivity index (χ0n) is 9.92. The standard InChI is InChI=1S/C14H11O3.Tl/c1-10(15)17-13-9-5-4-8-12(13)14(16)11-6-2-3-7-11;/h2-9H,1H3;. The summed E-state index contributed by atoms with van der Waals surface area (Å²) in [5.74, 6) is -0.0873. The van der Waals surface area contributed by atoms with Crippen LogP contribution in [0.5, 0.6) is 5.75 Å². The molecule has 88 valence electrons. The second-order valence-corrected chi connectivity index (χ2v) is 7.78. The average Bonchev–Trinajstić information content (AvgIpc) is 2.76. The number of esters is 1. The van der Waals surface area contributed by atoms with Crippen LogP contribution in [-0.2, 0) is 4.79 Å². The fourth-order valence-electron chi connectivity index (χ4n) is 1.77. The van der Waals surface area contributed by atoms with Gasteiger partial charge in [-0.1, -0.05) is 0 Å². The van der Waals surface area contributed by atoms with Crippen LogP contribution < -0.4 is 4.74 Å². The number of ketones is 1. The number of allylic oxidation sites excluding steroid dienone is 4. The molecule has 18 heavy (non-hydrogen) atoms. The van der Waals surface area contributed by atoms with Crippen molar-refractivity contribution in [2.24, 2.45) is 0 Å². The zero-order valence-corrected chi connectivity index (χ0v) is 14.4. The van der Waals surface area contributed by atoms with Crippen LogP contribution in [0.3, 0.4) is 0 Å². The van der Waals surface area contributed by atoms with E-state index < -0.39 is 8.94 Å². The van der Waals surface area contributed by atoms with Crippen molar-refractivity contribution in [1.82, 2.24) is 0 Å². The number of carbonyl (C=O) groups excluding carboxylic acids is 2. The van der Waals surface area contributed by atoms with Crippen LogP contribution in [0.4, 0.5) is 0 Å². The fraction of sp³-hybridized carbons (Fsp3) is 0.143. The van der Waals surface area contributed by atoms with Crippen LogP contribution in [0.1, 0.15) is 17.3 Å². The SMILES string of the molecule is CC(=O)Oc1ccccc1C(=O)[C]1([Tl])C=CC=C1. The molecule has 3 nitrogen and oxygen atoms in total. The van der Waals surface area contributed by atoms with Crippen molar-refractivity contribution >= 4 is 37.5 Å². The second-order valence-electron chi connectivity index (χ2n) is 4.07. The molecule has 1 aromatic rings. The summed E-state index contributed by atoms with van der Waals surface area (Å²) in [5.41, 5.74) is 0.464. The van der Waals surface area contributed by atoms with Gasteiger partial charge in [-0.25, -0.2) is 0 Å². The van der Waals surface area contributed by atoms with Gasteiger partial charge in [0.1, 0.15) is 0 Å². The number of Topliss-reactive ketones (excluding diaryl/α,β-unsaturated/α-hetero) is 1. The first-order chi connectivity index (χ1) is 8.53. The van der Waals surface area contributed by atoms with E-state index in [9.17, 15) is 9.59 Å². The number of carbonyl (C=O) groups is 2. The third kappa shape index (κ3) is 2.60. The minimum atomic E-state index is -0.490. The van der Waals surface area contributed by atoms with E-state index in [2.05, 4.69) is 0 Å². The molecule has 1 aromatic carbocycles. The van der Waals surface area contributed by atoms with Gasteiger partial charge >= 0.3 is 122 Å². The van der Waals surface area contributed by atoms with E-state index in [1.54, 1.807) is 24.3 Å². The molecule has 0 amide bonds. The molecule has 0 N–H and O–H groups in total. The molecular formula is C14H11O3Tl. The van der Waals surface area contributed by atoms with E-state index in [4.69, 9.17) is 4.74 Å². The van der Waals surface area contributed by atoms with E-state index in [1.165, 1.54) is 6.92 Å². The molecule has 4 heteroatoms. The van der Waals surface area contributed by atoms with Crippen LogP contribution >= 0.6 is 0 Å². The number of hydrogen-bond donors (Lipinski definition) is 0. The molecule has 0 aromatic heterocycles. The van der Waals surface area contributed by atoms with E-state index in [0.29, 0.717) is 37.1 Å². The molecule has 0 aliphatic heterocycles. The van der Waals surface area contributed by atoms with Crippen molar-refractivity contribution in [3.8, 4) is 5.75 Å². The summed E-state index contributed by atoms with van der Waals surface area (Å²) in [6, 6.07) is 6.86. The number of ether oxygens (including phenoxy) is 1. The Hall–Kier alpha value is -1.24. The summed E-state index contributed by atoms with van der Waals surface area (Å²) >= 11 is 0.454. The van der Waals surface area contributed by atoms with Crippen LogP contribution in [0.15, 0.2) is 48.6 Å². The van der Waals surface area contributed by atoms with Gasteiger partial charge in [-0.15, -0.1) is 0 Å². The van der Waals surface area contributed by atoms with E-state index in [0.717, 1.165) is 0 Å². The monoisotopic (exact) mass is 432 g/mol. The summed E-state index contributed by atoms with van der Waals surface area (Å²) in [6.45, 7) is 1.33. The third-order valence-electron chi connectivity index (χ3n) is 2.63. The third-order valence-corrected chi connectivity index (χ3v) is 5.15. The Morgan fingerprint density at radius 2 is 1.78 bits per heavy atom. The van der Waals surface area contributed by atoms with Crippen LogP contribution in [0.2, 0.25) is 2.97 Å². The summed E-state index contributed by atoms with van der Waals surface area (Å²) in [4.78, 5) is 23.6. The normalized spacial score (nSPS) is 15.6. The van der Waals surface area contributed by atoms with Gasteiger partial charge in [0.25, 0.3) is 0 Å². The Kier molecular flexibility index (Phi) is 3.80. The molecule has 1 aliphatic rings. The van der Waals surface area contributed by atoms with Crippen molar-refractivity contribution < 1.29 is 14.3 Å². The van der Waals surface area contributed by atoms with Crippen molar-refractivity contribution in [2.75, 3.05) is 0 Å². The van der Waals surface area contributed by atoms with Crippen molar-refractivity contribution in [1.29, 1.82) is 0 Å². The van der Waals surface area contributed by atoms with Crippen molar-refractivity contribution in [3.05, 3.63) is 54.1 Å². The second kappa shape index (κ2) is 5.18. The van der Waals surface area contributed by atoms with E-state index in [1.807, 2.05) is 24.3 Å². The molecule has 0 saturated heterocycles. The van der Waals surface area contributed by atoms with E-state index in [-0.39, 0.29) is 5.78 Å². The maximum absolute atomic E-state index is 12.5. The van der Waals surface area contributed by atoms with Gasteiger partial charge in [0.05, 0.1) is 0 Å². The molecule has 0 atom stereocenters. The average molecular weight is 432 g/mol. The summed E-state index contributed by atoms with van der Waals surface area (Å²) in [7, 11) is 0. The molecule has 0 spiro atoms. The van der Waals surface area contributed by atoms with Crippen LogP contribution in [0, 0.1) is 0 Å². The van der Waals surface area contributed by atoms with Gasteiger partial charge in [-0.2, -0.15) is 0 Å². The first kappa shape index (κ1) is 13.2. The zero-order chi connectivity index (χ0) is 13.2. The van der Waals surface area contributed by atoms with Gasteiger partial charge in [-0.3, -0.25) is 0 Å². The van der Waals surface area contributed by atoms with Gasteiger partial charge in [0, 0.05) is 0 Å². The van der Waals surface area contributed by atoms with Gasteiger partial charge in [-0.05, 0) is 0 Å². The summed E-state index contributed by atoms with van der Waals surface area (Å²) < 4.78 is 4.59. The van der Waals surface area contributed by atoms with Gasteiger partial charge in [0.2, 0.25) is 0 Å². The van der Waals surface area contributed by atoms with Crippen LogP contribution in [-0.4, -0.2) is 37.5 Å². The number of para-hydroxylation sites is 1. The minimum absolute atomic E-state index is 0.00523. The molecule has 2 rings (SSSR count). The van der Waals surface area contributed by atoms with Gasteiger partial charge < -0.3 is 0 Å². The first-order valence-electron chi connectivity index (χ1n) is 5.51. The Bertz CT molecular complexity index is 546. The topological polar surface area (TPSA) is 43.4 Å². The van der Waals surface area contributed by atoms with Crippen LogP contribution in [0.25, 0.3) is 0 Å². The molecule has 0 saturated carbocycles. The molecule has 0 fully saturated rings. The number of benzene rings is 1. The molecule has 0 unspecified atom stereocenters. The fourth-order valence-corrected chi connectivity index (χ4v) is 3.24. The summed E-state index contributed by atoms with van der Waals surface area (Å²) in [5, 5.41) is 0. The molecule has 1 aliphatic carbocycles. The summed E-state index contributed by atoms with van der Waals surface area (Å²) in [6.07, 6.45) is 7.58. The number of rotatable bonds is 3. The molecule has 0 radical (unpaired) electrons. The number of hydrogen-bond acceptors (Lipinski definition) is 3. The van der Waals surface area contributed by atoms with Crippen molar-refractivity contribution in [3.63, 3.8) is 0 Å². The molecule has 0 heterocycles. The predicted octanol–water partition coefficient (Wildman–Crippen LogP) is 2.25. The van der Waals surface area contributed by atoms with Crippen molar-refractivity contribution in [2.45, 2.75) is 9.90 Å². The Morgan fingerprint density at radius 1 is 1.17 bits per heavy atom. The Morgan fingerprint density at radius 3 is 2.39 bits per heavy atom. The quantitative estimate of drug-likeness (QED) is 0.319. The Labute approximate surface area is 121 Å². The predicted molar refractivity (Wildman–Crippen MR) is 68.8 cm³/mol. The van der Waals surface area contributed by atoms with E-state index >= 15 is 0 Å².